The Labute approximate surface area is 151 Å². The molecule has 1 atom stereocenters. The topological polar surface area (TPSA) is 62.7 Å². The Hall–Kier alpha value is -1.47. The molecular formula is C17H24N4OS2. The van der Waals surface area contributed by atoms with Crippen LogP contribution < -0.4 is 5.32 Å². The van der Waals surface area contributed by atoms with Crippen molar-refractivity contribution in [3.63, 3.8) is 0 Å². The highest BCUT2D eigenvalue weighted by Gasteiger charge is 2.23. The molecule has 2 N–H and O–H groups in total. The molecular weight excluding hydrogens is 340 g/mol. The molecule has 0 radical (unpaired) electrons. The molecule has 2 aromatic rings. The zero-order valence-electron chi connectivity index (χ0n) is 14.4. The van der Waals surface area contributed by atoms with Gasteiger partial charge in [0.15, 0.2) is 4.77 Å². The lowest BCUT2D eigenvalue weighted by Crippen LogP contribution is -2.27. The van der Waals surface area contributed by atoms with E-state index in [1.165, 1.54) is 16.9 Å². The summed E-state index contributed by atoms with van der Waals surface area (Å²) in [6.07, 6.45) is 3.97. The average molecular weight is 365 g/mol. The number of thiophene rings is 1. The molecule has 0 unspecified atom stereocenters. The van der Waals surface area contributed by atoms with Gasteiger partial charge in [-0.25, -0.2) is 0 Å². The predicted molar refractivity (Wildman–Crippen MR) is 99.3 cm³/mol. The summed E-state index contributed by atoms with van der Waals surface area (Å²) >= 11 is 6.98. The Kier molecular flexibility index (Phi) is 5.20. The molecule has 24 heavy (non-hydrogen) atoms. The van der Waals surface area contributed by atoms with Gasteiger partial charge in [-0.15, -0.1) is 11.3 Å². The Morgan fingerprint density at radius 1 is 1.58 bits per heavy atom. The lowest BCUT2D eigenvalue weighted by molar-refractivity contribution is 0.0953. The fourth-order valence-corrected chi connectivity index (χ4v) is 4.90. The lowest BCUT2D eigenvalue weighted by Gasteiger charge is -2.18. The van der Waals surface area contributed by atoms with Gasteiger partial charge in [0.25, 0.3) is 5.91 Å². The minimum Gasteiger partial charge on any atom is -0.352 e. The first-order valence-corrected chi connectivity index (χ1v) is 9.79. The number of amides is 1. The van der Waals surface area contributed by atoms with Crippen molar-refractivity contribution >= 4 is 29.5 Å². The van der Waals surface area contributed by atoms with E-state index in [0.717, 1.165) is 30.1 Å². The van der Waals surface area contributed by atoms with Crippen molar-refractivity contribution in [1.29, 1.82) is 0 Å². The van der Waals surface area contributed by atoms with Crippen molar-refractivity contribution in [2.24, 2.45) is 5.92 Å². The number of carbonyl (C=O) groups excluding carboxylic acids is 1. The largest absolute Gasteiger partial charge is 0.352 e. The third kappa shape index (κ3) is 3.47. The molecule has 7 heteroatoms. The van der Waals surface area contributed by atoms with E-state index in [-0.39, 0.29) is 11.9 Å². The van der Waals surface area contributed by atoms with Crippen LogP contribution in [0.3, 0.4) is 0 Å². The van der Waals surface area contributed by atoms with Gasteiger partial charge in [0.05, 0.1) is 5.56 Å². The minimum absolute atomic E-state index is 0.0345. The van der Waals surface area contributed by atoms with E-state index in [1.54, 1.807) is 11.3 Å². The molecule has 0 fully saturated rings. The maximum atomic E-state index is 12.5. The molecule has 5 nitrogen and oxygen atoms in total. The molecule has 2 heterocycles. The first-order valence-electron chi connectivity index (χ1n) is 8.50. The summed E-state index contributed by atoms with van der Waals surface area (Å²) in [5, 5.41) is 12.2. The molecule has 1 amide bonds. The number of nitrogens with zero attached hydrogens (tertiary/aromatic N) is 2. The van der Waals surface area contributed by atoms with Gasteiger partial charge in [0, 0.05) is 29.3 Å². The predicted octanol–water partition coefficient (Wildman–Crippen LogP) is 3.68. The lowest BCUT2D eigenvalue weighted by atomic mass is 9.88. The van der Waals surface area contributed by atoms with Crippen molar-refractivity contribution in [1.82, 2.24) is 20.1 Å². The second kappa shape index (κ2) is 7.19. The highest BCUT2D eigenvalue weighted by Crippen LogP contribution is 2.32. The molecule has 0 bridgehead atoms. The second-order valence-electron chi connectivity index (χ2n) is 6.81. The monoisotopic (exact) mass is 364 g/mol. The van der Waals surface area contributed by atoms with Crippen molar-refractivity contribution in [3.8, 4) is 0 Å². The molecule has 2 aromatic heterocycles. The summed E-state index contributed by atoms with van der Waals surface area (Å²) in [4.78, 5) is 13.9. The standard InChI is InChI=1S/C17H24N4OS2/c1-10(2)21-15(19-20-17(21)23)6-7-18-16(22)13-9-24-14-8-11(3)4-5-12(13)14/h9-11H,4-8H2,1-3H3,(H,18,22)(H,20,23)/t11-/m0/s1. The van der Waals surface area contributed by atoms with Gasteiger partial charge in [-0.05, 0) is 56.8 Å². The summed E-state index contributed by atoms with van der Waals surface area (Å²) in [5.41, 5.74) is 2.13. The first kappa shape index (κ1) is 17.4. The fraction of sp³-hybridized carbons (Fsp3) is 0.588. The zero-order valence-corrected chi connectivity index (χ0v) is 16.0. The Morgan fingerprint density at radius 2 is 2.38 bits per heavy atom. The second-order valence-corrected chi connectivity index (χ2v) is 8.16. The van der Waals surface area contributed by atoms with Crippen LogP contribution >= 0.6 is 23.6 Å². The van der Waals surface area contributed by atoms with Crippen LogP contribution in [0.5, 0.6) is 0 Å². The van der Waals surface area contributed by atoms with Crippen molar-refractivity contribution in [2.75, 3.05) is 6.54 Å². The third-order valence-electron chi connectivity index (χ3n) is 4.57. The van der Waals surface area contributed by atoms with Crippen LogP contribution in [0.15, 0.2) is 5.38 Å². The van der Waals surface area contributed by atoms with E-state index in [1.807, 2.05) is 9.95 Å². The number of rotatable bonds is 5. The van der Waals surface area contributed by atoms with E-state index < -0.39 is 0 Å². The number of H-pyrrole nitrogens is 1. The maximum Gasteiger partial charge on any atom is 0.252 e. The normalized spacial score (nSPS) is 17.1. The number of hydrogen-bond donors (Lipinski definition) is 2. The van der Waals surface area contributed by atoms with Gasteiger partial charge < -0.3 is 9.88 Å². The molecule has 130 valence electrons. The van der Waals surface area contributed by atoms with E-state index in [9.17, 15) is 4.79 Å². The zero-order chi connectivity index (χ0) is 17.3. The number of nitrogens with one attached hydrogen (secondary N) is 2. The van der Waals surface area contributed by atoms with Crippen molar-refractivity contribution < 1.29 is 4.79 Å². The molecule has 0 saturated carbocycles. The van der Waals surface area contributed by atoms with Gasteiger partial charge in [0.1, 0.15) is 5.82 Å². The minimum atomic E-state index is 0.0345. The van der Waals surface area contributed by atoms with Crippen LogP contribution in [-0.2, 0) is 19.3 Å². The Balaban J connectivity index is 1.62. The van der Waals surface area contributed by atoms with Crippen LogP contribution in [0.25, 0.3) is 0 Å². The van der Waals surface area contributed by atoms with E-state index in [4.69, 9.17) is 12.2 Å². The van der Waals surface area contributed by atoms with E-state index in [0.29, 0.717) is 17.7 Å². The summed E-state index contributed by atoms with van der Waals surface area (Å²) in [6, 6.07) is 0.257. The highest BCUT2D eigenvalue weighted by atomic mass is 32.1. The van der Waals surface area contributed by atoms with Crippen LogP contribution in [0.4, 0.5) is 0 Å². The smallest absolute Gasteiger partial charge is 0.252 e. The summed E-state index contributed by atoms with van der Waals surface area (Å²) < 4.78 is 2.63. The van der Waals surface area contributed by atoms with E-state index in [2.05, 4.69) is 36.3 Å². The number of hydrogen-bond acceptors (Lipinski definition) is 4. The number of aromatic nitrogens is 3. The van der Waals surface area contributed by atoms with E-state index >= 15 is 0 Å². The van der Waals surface area contributed by atoms with Crippen molar-refractivity contribution in [2.45, 2.75) is 52.5 Å². The summed E-state index contributed by atoms with van der Waals surface area (Å²) in [7, 11) is 0. The van der Waals surface area contributed by atoms with Gasteiger partial charge in [-0.2, -0.15) is 5.10 Å². The molecule has 0 aliphatic heterocycles. The number of carbonyl (C=O) groups is 1. The molecule has 0 saturated heterocycles. The molecule has 0 aromatic carbocycles. The van der Waals surface area contributed by atoms with Crippen LogP contribution in [-0.4, -0.2) is 27.2 Å². The van der Waals surface area contributed by atoms with Gasteiger partial charge in [-0.1, -0.05) is 6.92 Å². The van der Waals surface area contributed by atoms with Gasteiger partial charge in [-0.3, -0.25) is 9.89 Å². The van der Waals surface area contributed by atoms with Gasteiger partial charge in [0.2, 0.25) is 0 Å². The molecule has 1 aliphatic carbocycles. The number of fused-ring (bicyclic) bond motifs is 1. The maximum absolute atomic E-state index is 12.5. The third-order valence-corrected chi connectivity index (χ3v) is 5.91. The first-order chi connectivity index (χ1) is 11.5. The highest BCUT2D eigenvalue weighted by molar-refractivity contribution is 7.71. The summed E-state index contributed by atoms with van der Waals surface area (Å²) in [5.74, 6) is 1.65. The molecule has 0 spiro atoms. The van der Waals surface area contributed by atoms with Gasteiger partial charge >= 0.3 is 0 Å². The van der Waals surface area contributed by atoms with Crippen LogP contribution in [0.1, 0.15) is 59.9 Å². The Morgan fingerprint density at radius 3 is 3.12 bits per heavy atom. The quantitative estimate of drug-likeness (QED) is 0.796. The van der Waals surface area contributed by atoms with Crippen molar-refractivity contribution in [3.05, 3.63) is 32.0 Å². The fourth-order valence-electron chi connectivity index (χ4n) is 3.30. The number of aromatic amines is 1. The molecule has 1 aliphatic rings. The van der Waals surface area contributed by atoms with Crippen LogP contribution in [0.2, 0.25) is 0 Å². The Bertz CT molecular complexity index is 787. The SMILES string of the molecule is CC(C)n1c(CCNC(=O)c2csc3c2CC[C@H](C)C3)n[nH]c1=S. The summed E-state index contributed by atoms with van der Waals surface area (Å²) in [6.45, 7) is 6.99. The molecule has 3 rings (SSSR count). The average Bonchev–Trinajstić information content (AvgIpc) is 3.10. The van der Waals surface area contributed by atoms with Crippen LogP contribution in [0, 0.1) is 10.7 Å².